The second-order valence-electron chi connectivity index (χ2n) is 6.49. The SMILES string of the molecule is CCCC1NC(C(C)C)N(C2CCC(SCC)C2)C1=O. The molecule has 2 aliphatic rings. The van der Waals surface area contributed by atoms with E-state index in [1.165, 1.54) is 25.0 Å². The van der Waals surface area contributed by atoms with Crippen LogP contribution in [0.5, 0.6) is 0 Å². The first-order valence-corrected chi connectivity index (χ1v) is 9.33. The van der Waals surface area contributed by atoms with Gasteiger partial charge >= 0.3 is 0 Å². The van der Waals surface area contributed by atoms with E-state index in [9.17, 15) is 4.79 Å². The van der Waals surface area contributed by atoms with Gasteiger partial charge in [-0.25, -0.2) is 0 Å². The Hall–Kier alpha value is -0.220. The summed E-state index contributed by atoms with van der Waals surface area (Å²) < 4.78 is 0. The third-order valence-electron chi connectivity index (χ3n) is 4.59. The normalized spacial score (nSPS) is 34.5. The number of thioether (sulfide) groups is 1. The Labute approximate surface area is 128 Å². The number of carbonyl (C=O) groups excluding carboxylic acids is 1. The molecule has 20 heavy (non-hydrogen) atoms. The van der Waals surface area contributed by atoms with Crippen molar-refractivity contribution in [3.8, 4) is 0 Å². The minimum absolute atomic E-state index is 0.0604. The molecule has 1 saturated carbocycles. The lowest BCUT2D eigenvalue weighted by Crippen LogP contribution is -2.46. The smallest absolute Gasteiger partial charge is 0.241 e. The van der Waals surface area contributed by atoms with E-state index < -0.39 is 0 Å². The van der Waals surface area contributed by atoms with E-state index in [0.717, 1.165) is 18.1 Å². The Bertz CT molecular complexity index is 334. The van der Waals surface area contributed by atoms with Crippen molar-refractivity contribution in [2.24, 2.45) is 5.92 Å². The molecule has 1 amide bonds. The molecular formula is C16H30N2OS. The highest BCUT2D eigenvalue weighted by atomic mass is 32.2. The number of hydrogen-bond donors (Lipinski definition) is 1. The van der Waals surface area contributed by atoms with Crippen molar-refractivity contribution in [1.29, 1.82) is 0 Å². The van der Waals surface area contributed by atoms with Crippen LogP contribution in [0.3, 0.4) is 0 Å². The van der Waals surface area contributed by atoms with Gasteiger partial charge in [-0.05, 0) is 37.4 Å². The molecular weight excluding hydrogens is 268 g/mol. The molecule has 0 bridgehead atoms. The van der Waals surface area contributed by atoms with Crippen molar-refractivity contribution in [1.82, 2.24) is 10.2 Å². The van der Waals surface area contributed by atoms with Gasteiger partial charge in [0.1, 0.15) is 0 Å². The molecule has 0 aromatic heterocycles. The van der Waals surface area contributed by atoms with Gasteiger partial charge in [-0.3, -0.25) is 10.1 Å². The van der Waals surface area contributed by atoms with Gasteiger partial charge in [0.25, 0.3) is 0 Å². The van der Waals surface area contributed by atoms with Crippen LogP contribution in [0.2, 0.25) is 0 Å². The Morgan fingerprint density at radius 1 is 1.35 bits per heavy atom. The molecule has 0 aromatic carbocycles. The summed E-state index contributed by atoms with van der Waals surface area (Å²) in [6.07, 6.45) is 5.94. The number of carbonyl (C=O) groups is 1. The van der Waals surface area contributed by atoms with Crippen LogP contribution >= 0.6 is 11.8 Å². The highest BCUT2D eigenvalue weighted by Crippen LogP contribution is 2.36. The summed E-state index contributed by atoms with van der Waals surface area (Å²) in [5.41, 5.74) is 0. The zero-order valence-corrected chi connectivity index (χ0v) is 14.2. The average molecular weight is 298 g/mol. The molecule has 1 heterocycles. The summed E-state index contributed by atoms with van der Waals surface area (Å²) in [5.74, 6) is 2.03. The largest absolute Gasteiger partial charge is 0.323 e. The van der Waals surface area contributed by atoms with Gasteiger partial charge in [0.15, 0.2) is 0 Å². The van der Waals surface area contributed by atoms with Crippen LogP contribution in [0, 0.1) is 5.92 Å². The topological polar surface area (TPSA) is 32.3 Å². The van der Waals surface area contributed by atoms with Gasteiger partial charge in [-0.2, -0.15) is 11.8 Å². The maximum atomic E-state index is 12.7. The molecule has 0 aromatic rings. The third kappa shape index (κ3) is 3.33. The van der Waals surface area contributed by atoms with Crippen molar-refractivity contribution >= 4 is 17.7 Å². The number of nitrogens with zero attached hydrogens (tertiary/aromatic N) is 1. The molecule has 4 atom stereocenters. The van der Waals surface area contributed by atoms with Crippen LogP contribution in [0.15, 0.2) is 0 Å². The second kappa shape index (κ2) is 7.17. The molecule has 0 radical (unpaired) electrons. The molecule has 0 spiro atoms. The maximum Gasteiger partial charge on any atom is 0.241 e. The Balaban J connectivity index is 2.05. The molecule has 1 N–H and O–H groups in total. The van der Waals surface area contributed by atoms with E-state index in [0.29, 0.717) is 17.9 Å². The van der Waals surface area contributed by atoms with Crippen LogP contribution in [-0.4, -0.2) is 40.1 Å². The lowest BCUT2D eigenvalue weighted by Gasteiger charge is -2.32. The number of nitrogens with one attached hydrogen (secondary N) is 1. The molecule has 4 unspecified atom stereocenters. The summed E-state index contributed by atoms with van der Waals surface area (Å²) in [5, 5.41) is 4.34. The number of hydrogen-bond acceptors (Lipinski definition) is 3. The fourth-order valence-corrected chi connectivity index (χ4v) is 4.78. The van der Waals surface area contributed by atoms with Crippen molar-refractivity contribution < 1.29 is 4.79 Å². The van der Waals surface area contributed by atoms with Crippen LogP contribution in [0.25, 0.3) is 0 Å². The molecule has 4 heteroatoms. The Morgan fingerprint density at radius 3 is 2.70 bits per heavy atom. The zero-order chi connectivity index (χ0) is 14.7. The summed E-state index contributed by atoms with van der Waals surface area (Å²) >= 11 is 2.06. The number of rotatable bonds is 6. The quantitative estimate of drug-likeness (QED) is 0.817. The second-order valence-corrected chi connectivity index (χ2v) is 8.06. The summed E-state index contributed by atoms with van der Waals surface area (Å²) in [4.78, 5) is 14.9. The van der Waals surface area contributed by atoms with Crippen LogP contribution in [-0.2, 0) is 4.79 Å². The fraction of sp³-hybridized carbons (Fsp3) is 0.938. The van der Waals surface area contributed by atoms with E-state index in [1.54, 1.807) is 0 Å². The van der Waals surface area contributed by atoms with Crippen molar-refractivity contribution in [3.05, 3.63) is 0 Å². The van der Waals surface area contributed by atoms with Crippen LogP contribution in [0.1, 0.15) is 59.8 Å². The molecule has 116 valence electrons. The first-order valence-electron chi connectivity index (χ1n) is 8.28. The van der Waals surface area contributed by atoms with E-state index in [1.807, 2.05) is 0 Å². The predicted octanol–water partition coefficient (Wildman–Crippen LogP) is 3.24. The van der Waals surface area contributed by atoms with E-state index in [4.69, 9.17) is 0 Å². The average Bonchev–Trinajstić information content (AvgIpc) is 2.96. The number of amides is 1. The van der Waals surface area contributed by atoms with E-state index >= 15 is 0 Å². The van der Waals surface area contributed by atoms with Crippen molar-refractivity contribution in [2.45, 2.75) is 83.3 Å². The summed E-state index contributed by atoms with van der Waals surface area (Å²) in [6.45, 7) is 8.83. The molecule has 2 fully saturated rings. The van der Waals surface area contributed by atoms with Crippen molar-refractivity contribution in [2.75, 3.05) is 5.75 Å². The van der Waals surface area contributed by atoms with Crippen LogP contribution in [0.4, 0.5) is 0 Å². The van der Waals surface area contributed by atoms with Gasteiger partial charge in [-0.15, -0.1) is 0 Å². The fourth-order valence-electron chi connectivity index (χ4n) is 3.65. The van der Waals surface area contributed by atoms with Gasteiger partial charge in [-0.1, -0.05) is 34.1 Å². The molecule has 2 rings (SSSR count). The molecule has 1 saturated heterocycles. The summed E-state index contributed by atoms with van der Waals surface area (Å²) in [7, 11) is 0. The first kappa shape index (κ1) is 16.2. The minimum atomic E-state index is 0.0604. The highest BCUT2D eigenvalue weighted by Gasteiger charge is 2.44. The Morgan fingerprint density at radius 2 is 2.10 bits per heavy atom. The Kier molecular flexibility index (Phi) is 5.79. The van der Waals surface area contributed by atoms with E-state index in [2.05, 4.69) is 49.7 Å². The highest BCUT2D eigenvalue weighted by molar-refractivity contribution is 7.99. The van der Waals surface area contributed by atoms with Gasteiger partial charge < -0.3 is 4.90 Å². The lowest BCUT2D eigenvalue weighted by atomic mass is 10.1. The maximum absolute atomic E-state index is 12.7. The predicted molar refractivity (Wildman–Crippen MR) is 86.9 cm³/mol. The molecule has 1 aliphatic carbocycles. The lowest BCUT2D eigenvalue weighted by molar-refractivity contribution is -0.132. The van der Waals surface area contributed by atoms with Crippen LogP contribution < -0.4 is 5.32 Å². The van der Waals surface area contributed by atoms with E-state index in [-0.39, 0.29) is 12.2 Å². The van der Waals surface area contributed by atoms with Gasteiger partial charge in [0.05, 0.1) is 12.2 Å². The molecule has 1 aliphatic heterocycles. The standard InChI is InChI=1S/C16H30N2OS/c1-5-7-14-16(19)18(15(17-14)11(3)4)12-8-9-13(10-12)20-6-2/h11-15,17H,5-10H2,1-4H3. The minimum Gasteiger partial charge on any atom is -0.323 e. The third-order valence-corrected chi connectivity index (χ3v) is 5.82. The zero-order valence-electron chi connectivity index (χ0n) is 13.4. The first-order chi connectivity index (χ1) is 9.58. The van der Waals surface area contributed by atoms with Gasteiger partial charge in [0.2, 0.25) is 5.91 Å². The summed E-state index contributed by atoms with van der Waals surface area (Å²) in [6, 6.07) is 0.526. The van der Waals surface area contributed by atoms with Gasteiger partial charge in [0, 0.05) is 11.3 Å². The monoisotopic (exact) mass is 298 g/mol. The van der Waals surface area contributed by atoms with Crippen molar-refractivity contribution in [3.63, 3.8) is 0 Å². The molecule has 3 nitrogen and oxygen atoms in total.